The lowest BCUT2D eigenvalue weighted by Crippen LogP contribution is -2.22. The van der Waals surface area contributed by atoms with E-state index in [1.165, 1.54) is 14.2 Å². The van der Waals surface area contributed by atoms with E-state index in [9.17, 15) is 9.59 Å². The van der Waals surface area contributed by atoms with Crippen molar-refractivity contribution in [1.82, 2.24) is 5.32 Å². The van der Waals surface area contributed by atoms with Crippen LogP contribution in [0.1, 0.15) is 51.4 Å². The SMILES string of the molecule is COC(CCCCCNCCCCCC(OC)C(=O)O)C(=O)O.Cl. The average molecular weight is 370 g/mol. The van der Waals surface area contributed by atoms with Crippen LogP contribution in [0.5, 0.6) is 0 Å². The maximum absolute atomic E-state index is 10.7. The Bertz CT molecular complexity index is 300. The molecule has 0 aromatic rings. The quantitative estimate of drug-likeness (QED) is 0.358. The summed E-state index contributed by atoms with van der Waals surface area (Å²) in [6.45, 7) is 1.83. The van der Waals surface area contributed by atoms with Gasteiger partial charge in [0.1, 0.15) is 0 Å². The van der Waals surface area contributed by atoms with E-state index in [0.717, 1.165) is 51.6 Å². The van der Waals surface area contributed by atoms with E-state index in [4.69, 9.17) is 19.7 Å². The highest BCUT2D eigenvalue weighted by molar-refractivity contribution is 5.85. The van der Waals surface area contributed by atoms with Gasteiger partial charge in [-0.05, 0) is 38.8 Å². The predicted molar refractivity (Wildman–Crippen MR) is 93.9 cm³/mol. The second-order valence-electron chi connectivity index (χ2n) is 5.57. The van der Waals surface area contributed by atoms with E-state index < -0.39 is 24.1 Å². The second kappa shape index (κ2) is 17.0. The Kier molecular flexibility index (Phi) is 17.9. The monoisotopic (exact) mass is 369 g/mol. The molecule has 0 saturated carbocycles. The number of rotatable bonds is 16. The Morgan fingerprint density at radius 2 is 1.17 bits per heavy atom. The van der Waals surface area contributed by atoms with Crippen molar-refractivity contribution in [2.75, 3.05) is 27.3 Å². The van der Waals surface area contributed by atoms with E-state index >= 15 is 0 Å². The highest BCUT2D eigenvalue weighted by Crippen LogP contribution is 2.07. The molecule has 0 fully saturated rings. The van der Waals surface area contributed by atoms with Crippen LogP contribution in [0.25, 0.3) is 0 Å². The standard InChI is InChI=1S/C16H31NO6.ClH/c1-22-13(15(18)19)9-5-3-7-11-17-12-8-4-6-10-14(23-2)16(20)21;/h13-14,17H,3-12H2,1-2H3,(H,18,19)(H,20,21);1H. The third-order valence-corrected chi connectivity index (χ3v) is 3.76. The average Bonchev–Trinajstić information content (AvgIpc) is 2.51. The molecule has 2 unspecified atom stereocenters. The second-order valence-corrected chi connectivity index (χ2v) is 5.57. The number of halogens is 1. The molecular formula is C16H32ClNO6. The van der Waals surface area contributed by atoms with Crippen molar-refractivity contribution in [2.45, 2.75) is 63.6 Å². The molecule has 0 bridgehead atoms. The number of carboxylic acids is 2. The minimum Gasteiger partial charge on any atom is -0.479 e. The van der Waals surface area contributed by atoms with E-state index in [-0.39, 0.29) is 12.4 Å². The number of aliphatic carboxylic acids is 2. The van der Waals surface area contributed by atoms with Crippen molar-refractivity contribution >= 4 is 24.3 Å². The number of ether oxygens (including phenoxy) is 2. The van der Waals surface area contributed by atoms with Crippen LogP contribution in [-0.4, -0.2) is 61.7 Å². The molecule has 0 spiro atoms. The first-order valence-corrected chi connectivity index (χ1v) is 8.24. The molecule has 0 aliphatic carbocycles. The van der Waals surface area contributed by atoms with Gasteiger partial charge in [-0.25, -0.2) is 9.59 Å². The van der Waals surface area contributed by atoms with Gasteiger partial charge in [0.15, 0.2) is 12.2 Å². The first-order chi connectivity index (χ1) is 11.0. The molecule has 24 heavy (non-hydrogen) atoms. The molecule has 7 nitrogen and oxygen atoms in total. The van der Waals surface area contributed by atoms with Crippen LogP contribution in [-0.2, 0) is 19.1 Å². The number of nitrogens with one attached hydrogen (secondary N) is 1. The van der Waals surface area contributed by atoms with Gasteiger partial charge in [-0.3, -0.25) is 0 Å². The van der Waals surface area contributed by atoms with Gasteiger partial charge in [0, 0.05) is 14.2 Å². The zero-order chi connectivity index (χ0) is 17.5. The molecule has 0 aromatic heterocycles. The fourth-order valence-corrected chi connectivity index (χ4v) is 2.32. The summed E-state index contributed by atoms with van der Waals surface area (Å²) in [6, 6.07) is 0. The van der Waals surface area contributed by atoms with Crippen LogP contribution in [0.4, 0.5) is 0 Å². The van der Waals surface area contributed by atoms with Crippen molar-refractivity contribution in [3.05, 3.63) is 0 Å². The Morgan fingerprint density at radius 1 is 0.792 bits per heavy atom. The Labute approximate surface area is 150 Å². The molecule has 0 aliphatic rings. The summed E-state index contributed by atoms with van der Waals surface area (Å²) in [6.07, 6.45) is 5.41. The molecule has 0 saturated heterocycles. The normalized spacial score (nSPS) is 13.1. The van der Waals surface area contributed by atoms with E-state index in [0.29, 0.717) is 12.8 Å². The van der Waals surface area contributed by atoms with Crippen LogP contribution >= 0.6 is 12.4 Å². The van der Waals surface area contributed by atoms with Gasteiger partial charge in [-0.1, -0.05) is 25.7 Å². The summed E-state index contributed by atoms with van der Waals surface area (Å²) in [4.78, 5) is 21.5. The van der Waals surface area contributed by atoms with Gasteiger partial charge in [-0.15, -0.1) is 12.4 Å². The number of hydrogen-bond donors (Lipinski definition) is 3. The molecular weight excluding hydrogens is 338 g/mol. The first-order valence-electron chi connectivity index (χ1n) is 8.24. The molecule has 3 N–H and O–H groups in total. The lowest BCUT2D eigenvalue weighted by Gasteiger charge is -2.10. The Hall–Kier alpha value is -0.890. The van der Waals surface area contributed by atoms with E-state index in [1.54, 1.807) is 0 Å². The third kappa shape index (κ3) is 13.5. The Balaban J connectivity index is 0. The Morgan fingerprint density at radius 3 is 1.46 bits per heavy atom. The predicted octanol–water partition coefficient (Wildman–Crippen LogP) is 2.32. The molecule has 8 heteroatoms. The smallest absolute Gasteiger partial charge is 0.332 e. The van der Waals surface area contributed by atoms with Crippen molar-refractivity contribution in [3.8, 4) is 0 Å². The third-order valence-electron chi connectivity index (χ3n) is 3.76. The summed E-state index contributed by atoms with van der Waals surface area (Å²) in [7, 11) is 2.84. The summed E-state index contributed by atoms with van der Waals surface area (Å²) in [5.74, 6) is -1.80. The lowest BCUT2D eigenvalue weighted by atomic mass is 10.1. The summed E-state index contributed by atoms with van der Waals surface area (Å²) < 4.78 is 9.75. The van der Waals surface area contributed by atoms with Crippen molar-refractivity contribution in [1.29, 1.82) is 0 Å². The van der Waals surface area contributed by atoms with Crippen molar-refractivity contribution < 1.29 is 29.3 Å². The maximum Gasteiger partial charge on any atom is 0.332 e. The molecule has 2 atom stereocenters. The van der Waals surface area contributed by atoms with Crippen LogP contribution in [0, 0.1) is 0 Å². The minimum atomic E-state index is -0.899. The lowest BCUT2D eigenvalue weighted by molar-refractivity contribution is -0.149. The summed E-state index contributed by atoms with van der Waals surface area (Å²) >= 11 is 0. The van der Waals surface area contributed by atoms with Crippen LogP contribution in [0.3, 0.4) is 0 Å². The molecule has 0 radical (unpaired) electrons. The van der Waals surface area contributed by atoms with Crippen LogP contribution in [0.2, 0.25) is 0 Å². The topological polar surface area (TPSA) is 105 Å². The molecule has 0 aromatic carbocycles. The van der Waals surface area contributed by atoms with Gasteiger partial charge in [-0.2, -0.15) is 0 Å². The molecule has 0 rings (SSSR count). The van der Waals surface area contributed by atoms with Crippen LogP contribution < -0.4 is 5.32 Å². The van der Waals surface area contributed by atoms with Crippen LogP contribution in [0.15, 0.2) is 0 Å². The largest absolute Gasteiger partial charge is 0.479 e. The summed E-state index contributed by atoms with van der Waals surface area (Å²) in [5.41, 5.74) is 0. The van der Waals surface area contributed by atoms with E-state index in [1.807, 2.05) is 0 Å². The number of hydrogen-bond acceptors (Lipinski definition) is 5. The van der Waals surface area contributed by atoms with E-state index in [2.05, 4.69) is 5.32 Å². The molecule has 0 aliphatic heterocycles. The number of methoxy groups -OCH3 is 2. The van der Waals surface area contributed by atoms with Gasteiger partial charge < -0.3 is 25.0 Å². The highest BCUT2D eigenvalue weighted by atomic mass is 35.5. The highest BCUT2D eigenvalue weighted by Gasteiger charge is 2.15. The molecule has 144 valence electrons. The zero-order valence-corrected chi connectivity index (χ0v) is 15.5. The summed E-state index contributed by atoms with van der Waals surface area (Å²) in [5, 5.41) is 21.0. The zero-order valence-electron chi connectivity index (χ0n) is 14.7. The van der Waals surface area contributed by atoms with Gasteiger partial charge >= 0.3 is 11.9 Å². The first kappa shape index (κ1) is 25.4. The number of carboxylic acid groups (broad SMARTS) is 2. The minimum absolute atomic E-state index is 0. The molecule has 0 heterocycles. The van der Waals surface area contributed by atoms with Crippen molar-refractivity contribution in [3.63, 3.8) is 0 Å². The molecule has 0 amide bonds. The number of carbonyl (C=O) groups is 2. The number of unbranched alkanes of at least 4 members (excludes halogenated alkanes) is 4. The fourth-order valence-electron chi connectivity index (χ4n) is 2.32. The maximum atomic E-state index is 10.7. The fraction of sp³-hybridized carbons (Fsp3) is 0.875. The van der Waals surface area contributed by atoms with Gasteiger partial charge in [0.05, 0.1) is 0 Å². The van der Waals surface area contributed by atoms with Crippen molar-refractivity contribution in [2.24, 2.45) is 0 Å². The van der Waals surface area contributed by atoms with Gasteiger partial charge in [0.25, 0.3) is 0 Å². The van der Waals surface area contributed by atoms with Gasteiger partial charge in [0.2, 0.25) is 0 Å².